The molecule has 1 aromatic heterocycles. The predicted octanol–water partition coefficient (Wildman–Crippen LogP) is 10.5. The van der Waals surface area contributed by atoms with E-state index in [1.807, 2.05) is 39.6 Å². The summed E-state index contributed by atoms with van der Waals surface area (Å²) in [7, 11) is 6.63. The summed E-state index contributed by atoms with van der Waals surface area (Å²) in [6.07, 6.45) is 9.11. The van der Waals surface area contributed by atoms with Crippen LogP contribution in [0.2, 0.25) is 0 Å². The second-order valence-electron chi connectivity index (χ2n) is 34.9. The average molecular weight is 1890 g/mol. The highest BCUT2D eigenvalue weighted by Gasteiger charge is 2.46. The van der Waals surface area contributed by atoms with Gasteiger partial charge in [0.25, 0.3) is 17.7 Å². The Balaban J connectivity index is 0.617. The molecule has 132 heavy (non-hydrogen) atoms. The number of carboxylic acids is 1. The summed E-state index contributed by atoms with van der Waals surface area (Å²) in [6.45, 7) is 26.8. The number of amides is 9. The van der Waals surface area contributed by atoms with E-state index in [2.05, 4.69) is 63.6 Å². The molecule has 13 atom stereocenters. The minimum Gasteiger partial charge on any atom is -0.506 e. The van der Waals surface area contributed by atoms with E-state index < -0.39 is 64.4 Å². The van der Waals surface area contributed by atoms with E-state index in [4.69, 9.17) is 42.6 Å². The zero-order chi connectivity index (χ0) is 95.4. The number of anilines is 2. The lowest BCUT2D eigenvalue weighted by molar-refractivity contribution is -0.149. The van der Waals surface area contributed by atoms with E-state index in [0.29, 0.717) is 121 Å². The number of aromatic nitrogens is 1. The highest BCUT2D eigenvalue weighted by atomic mass is 32.2. The van der Waals surface area contributed by atoms with Crippen molar-refractivity contribution in [3.05, 3.63) is 99.5 Å². The second-order valence-corrected chi connectivity index (χ2v) is 38.6. The van der Waals surface area contributed by atoms with Crippen molar-refractivity contribution in [1.82, 2.24) is 45.9 Å². The number of thiazole rings is 1. The standard InChI is InChI=1S/C95H134N12O22S3/c1-15-59(8)84(102-88(113)71-23-19-20-30-103(71)11)94(118)104(12)72(56(4)5)49-79(129-61(10)108)91-101-70(55-130-91)87(112)99-63(43-60(9)95(119)120)44-62-24-25-74(109)69(45-62)100-82(110)26-33-123-37-39-125-35-28-96-89(114)85-86(132-81(17-3)80(16-2)131-85)90(115)97-29-36-126-40-38-124-34-27-83(111)107-54-65-42-58(7)53-106(65)93(117)67-47-76(122-14)78(50-73(67)107)128-32-22-18-21-31-127-77-48-68-66(46-75(77)121-13)92(116)105-52-57(6)41-64(105)51-98-68/h24-25,45-48,50-51,55-56,59-60,63-65,71-72,79-81,84-86,109H,6-7,15-23,26-44,49,52-54H2,1-5,8-14H3,(H,96,114)(H,97,115)(H,99,112)(H,100,110)(H,102,113)(H,119,120)/t59-,60?,63+,64-,65-,71+,72?,79+,80?,81?,84-,85?,86?/m0/s1. The van der Waals surface area contributed by atoms with Crippen LogP contribution in [0.25, 0.3) is 0 Å². The molecule has 34 nitrogen and oxygen atoms in total. The number of esters is 1. The third-order valence-corrected chi connectivity index (χ3v) is 29.6. The first kappa shape index (κ1) is 104. The first-order valence-electron chi connectivity index (χ1n) is 46.1. The zero-order valence-electron chi connectivity index (χ0n) is 78.2. The van der Waals surface area contributed by atoms with Crippen LogP contribution in [-0.4, -0.2) is 297 Å². The summed E-state index contributed by atoms with van der Waals surface area (Å²) >= 11 is 4.10. The van der Waals surface area contributed by atoms with Gasteiger partial charge in [0.05, 0.1) is 145 Å². The molecule has 10 rings (SSSR count). The number of methoxy groups -OCH3 is 2. The number of carboxylic acid groups (broad SMARTS) is 1. The van der Waals surface area contributed by atoms with Crippen molar-refractivity contribution in [2.45, 2.75) is 221 Å². The van der Waals surface area contributed by atoms with Gasteiger partial charge in [-0.05, 0) is 126 Å². The summed E-state index contributed by atoms with van der Waals surface area (Å²) in [4.78, 5) is 168. The lowest BCUT2D eigenvalue weighted by Gasteiger charge is -2.38. The Bertz CT molecular complexity index is 4720. The Morgan fingerprint density at radius 3 is 1.90 bits per heavy atom. The van der Waals surface area contributed by atoms with Gasteiger partial charge < -0.3 is 99.0 Å². The van der Waals surface area contributed by atoms with E-state index in [9.17, 15) is 63.0 Å². The van der Waals surface area contributed by atoms with Gasteiger partial charge in [0.2, 0.25) is 35.4 Å². The van der Waals surface area contributed by atoms with Crippen LogP contribution in [0, 0.1) is 17.8 Å². The molecular formula is C95H134N12O22S3. The summed E-state index contributed by atoms with van der Waals surface area (Å²) in [6, 6.07) is 8.43. The Morgan fingerprint density at radius 1 is 0.689 bits per heavy atom. The molecule has 0 radical (unpaired) electrons. The number of hydrogen-bond acceptors (Lipinski definition) is 27. The number of rotatable bonds is 51. The first-order valence-corrected chi connectivity index (χ1v) is 48.8. The topological polar surface area (TPSA) is 413 Å². The Labute approximate surface area is 786 Å². The van der Waals surface area contributed by atoms with Gasteiger partial charge in [0.1, 0.15) is 33.0 Å². The maximum absolute atomic E-state index is 14.5. The lowest BCUT2D eigenvalue weighted by atomic mass is 9.92. The van der Waals surface area contributed by atoms with Crippen LogP contribution < -0.4 is 50.4 Å². The number of likely N-dealkylation sites (tertiary alicyclic amines) is 1. The fraction of sp³-hybridized carbons (Fsp3) is 0.611. The fourth-order valence-corrected chi connectivity index (χ4v) is 21.6. The number of fused-ring (bicyclic) bond motifs is 4. The van der Waals surface area contributed by atoms with Gasteiger partial charge in [0, 0.05) is 99.4 Å². The van der Waals surface area contributed by atoms with Crippen LogP contribution in [-0.2, 0) is 68.5 Å². The van der Waals surface area contributed by atoms with Gasteiger partial charge in [-0.25, -0.2) is 4.98 Å². The molecule has 6 aliphatic heterocycles. The molecule has 0 saturated carbocycles. The summed E-state index contributed by atoms with van der Waals surface area (Å²) in [5.41, 5.74) is 4.19. The number of likely N-dealkylation sites (N-methyl/N-ethyl adjacent to an activating group) is 2. The van der Waals surface area contributed by atoms with Gasteiger partial charge in [-0.15, -0.1) is 34.9 Å². The molecule has 9 amide bonds. The van der Waals surface area contributed by atoms with Crippen molar-refractivity contribution in [2.75, 3.05) is 144 Å². The zero-order valence-corrected chi connectivity index (χ0v) is 80.7. The number of hydrogen-bond donors (Lipinski definition) is 7. The number of aliphatic imine (C=N–C) groups is 1. The molecule has 6 unspecified atom stereocenters. The third kappa shape index (κ3) is 28.6. The molecular weight excluding hydrogens is 1760 g/mol. The molecule has 0 bridgehead atoms. The molecule has 7 heterocycles. The minimum absolute atomic E-state index is 0.00149. The first-order chi connectivity index (χ1) is 63.3. The molecule has 37 heteroatoms. The van der Waals surface area contributed by atoms with Crippen molar-refractivity contribution in [2.24, 2.45) is 22.7 Å². The van der Waals surface area contributed by atoms with Crippen molar-refractivity contribution in [3.8, 4) is 28.7 Å². The van der Waals surface area contributed by atoms with Crippen LogP contribution in [0.4, 0.5) is 17.1 Å². The van der Waals surface area contributed by atoms with Crippen molar-refractivity contribution in [3.63, 3.8) is 0 Å². The number of phenols is 1. The molecule has 0 aliphatic carbocycles. The van der Waals surface area contributed by atoms with Crippen LogP contribution in [0.3, 0.4) is 0 Å². The predicted molar refractivity (Wildman–Crippen MR) is 505 cm³/mol. The molecule has 724 valence electrons. The van der Waals surface area contributed by atoms with E-state index in [1.165, 1.54) is 69.1 Å². The quantitative estimate of drug-likeness (QED) is 0.00934. The number of unbranched alkanes of at least 4 members (excludes halogenated alkanes) is 2. The van der Waals surface area contributed by atoms with Gasteiger partial charge in [0.15, 0.2) is 29.1 Å². The Kier molecular flexibility index (Phi) is 40.2. The van der Waals surface area contributed by atoms with Crippen LogP contribution in [0.15, 0.2) is 77.1 Å². The number of ether oxygens (including phenoxy) is 9. The summed E-state index contributed by atoms with van der Waals surface area (Å²) in [5, 5.41) is 36.2. The number of carbonyl (C=O) groups excluding carboxylic acids is 10. The van der Waals surface area contributed by atoms with Crippen molar-refractivity contribution < 1.29 is 106 Å². The summed E-state index contributed by atoms with van der Waals surface area (Å²) in [5.74, 6) is -4.25. The number of phenolic OH excluding ortho intramolecular Hbond substituents is 1. The maximum Gasteiger partial charge on any atom is 0.306 e. The fourth-order valence-electron chi connectivity index (χ4n) is 17.2. The van der Waals surface area contributed by atoms with Crippen LogP contribution in [0.1, 0.15) is 200 Å². The van der Waals surface area contributed by atoms with E-state index in [1.54, 1.807) is 63.2 Å². The van der Waals surface area contributed by atoms with E-state index in [0.717, 1.165) is 61.1 Å². The van der Waals surface area contributed by atoms with E-state index in [-0.39, 0.29) is 204 Å². The highest BCUT2D eigenvalue weighted by molar-refractivity contribution is 8.08. The normalized spacial score (nSPS) is 20.2. The number of carbonyl (C=O) groups is 11. The van der Waals surface area contributed by atoms with Gasteiger partial charge in [-0.3, -0.25) is 62.6 Å². The van der Waals surface area contributed by atoms with Gasteiger partial charge in [-0.2, -0.15) is 0 Å². The van der Waals surface area contributed by atoms with Crippen LogP contribution >= 0.6 is 34.9 Å². The summed E-state index contributed by atoms with van der Waals surface area (Å²) < 4.78 is 52.9. The molecule has 3 aromatic carbocycles. The molecule has 4 fully saturated rings. The molecule has 4 saturated heterocycles. The number of benzene rings is 3. The molecule has 4 aromatic rings. The largest absolute Gasteiger partial charge is 0.506 e. The highest BCUT2D eigenvalue weighted by Crippen LogP contribution is 2.46. The Hall–Kier alpha value is -9.89. The molecule has 0 spiro atoms. The second kappa shape index (κ2) is 51.0. The molecule has 6 aliphatic rings. The number of aromatic hydroxyl groups is 1. The smallest absolute Gasteiger partial charge is 0.306 e. The van der Waals surface area contributed by atoms with E-state index >= 15 is 0 Å². The SMILES string of the molecule is C=C1C[C@H]2CN(C(=O)CCOCCOCCNC(=O)C3SC(CC)C(CC)SC3C(=O)NCCOCCOCCC(=O)Nc3cc(C[C@@H](CC(C)C(=O)O)NC(=O)c4csc([C@@H](CC(C(C)C)N(C)C(=O)[C@@H](NC(=O)[C@H]5CCCCN5C)[C@@H](C)CC)OC(C)=O)n4)ccc3O)c3cc(OCCCCCOc4cc5c(cc4OC)C(=O)N4CC(=C)C[C@H]4C=N5)c(OC)cc3C(=O)N2C1. The van der Waals surface area contributed by atoms with Gasteiger partial charge in [-0.1, -0.05) is 91.7 Å². The minimum atomic E-state index is -1.09. The van der Waals surface area contributed by atoms with Crippen molar-refractivity contribution in [1.29, 1.82) is 0 Å². The average Bonchev–Trinajstić information content (AvgIpc) is 1.50. The number of piperidine rings is 1. The monoisotopic (exact) mass is 1890 g/mol. The maximum atomic E-state index is 14.5. The number of thioether (sulfide) groups is 2. The number of nitrogens with zero attached hydrogens (tertiary/aromatic N) is 7. The Morgan fingerprint density at radius 2 is 1.30 bits per heavy atom. The number of aliphatic carboxylic acids is 1. The van der Waals surface area contributed by atoms with Crippen LogP contribution in [0.5, 0.6) is 28.7 Å². The number of nitrogens with one attached hydrogen (secondary N) is 5. The lowest BCUT2D eigenvalue weighted by Crippen LogP contribution is -2.58. The van der Waals surface area contributed by atoms with Crippen molar-refractivity contribution >= 4 is 123 Å². The van der Waals surface area contributed by atoms with Gasteiger partial charge >= 0.3 is 11.9 Å². The molecule has 7 N–H and O–H groups in total. The third-order valence-electron chi connectivity index (χ3n) is 24.8.